The highest BCUT2D eigenvalue weighted by Gasteiger charge is 2.21. The topological polar surface area (TPSA) is 80.9 Å². The average Bonchev–Trinajstić information content (AvgIpc) is 3.39. The number of aromatic hydroxyl groups is 1. The summed E-state index contributed by atoms with van der Waals surface area (Å²) in [6.07, 6.45) is 2.41. The van der Waals surface area contributed by atoms with E-state index in [-0.39, 0.29) is 22.1 Å². The van der Waals surface area contributed by atoms with Crippen molar-refractivity contribution in [3.63, 3.8) is 0 Å². The van der Waals surface area contributed by atoms with Crippen LogP contribution in [0.4, 0.5) is 5.69 Å². The molecular formula is C25H22N2O4S. The van der Waals surface area contributed by atoms with Crippen LogP contribution in [0.1, 0.15) is 24.7 Å². The molecule has 0 aliphatic heterocycles. The first-order chi connectivity index (χ1) is 15.5. The van der Waals surface area contributed by atoms with E-state index >= 15 is 0 Å². The van der Waals surface area contributed by atoms with Gasteiger partial charge in [-0.25, -0.2) is 4.99 Å². The molecule has 7 heteroatoms. The zero-order valence-electron chi connectivity index (χ0n) is 18.0. The highest BCUT2D eigenvalue weighted by molar-refractivity contribution is 7.07. The lowest BCUT2D eigenvalue weighted by molar-refractivity contribution is 0.484. The van der Waals surface area contributed by atoms with Gasteiger partial charge in [-0.1, -0.05) is 36.8 Å². The number of aromatic nitrogens is 1. The predicted molar refractivity (Wildman–Crippen MR) is 127 cm³/mol. The van der Waals surface area contributed by atoms with Gasteiger partial charge in [0.15, 0.2) is 27.1 Å². The maximum Gasteiger partial charge on any atom is 0.196 e. The third kappa shape index (κ3) is 3.26. The SMILES string of the molecule is CCCn1c(-c2ccc(C)cc2)csc1=Nc1c2occc2c(O)c2c(=O)cc(C)oc12. The van der Waals surface area contributed by atoms with E-state index in [1.165, 1.54) is 29.2 Å². The standard InChI is InChI=1S/C25H22N2O4S/c1-4-10-27-18(16-7-5-14(2)6-8-16)13-32-25(27)26-21-23-17(9-11-30-23)22(29)20-19(28)12-15(3)31-24(20)21/h5-9,11-13,29H,4,10H2,1-3H3. The van der Waals surface area contributed by atoms with Gasteiger partial charge in [-0.3, -0.25) is 4.79 Å². The quantitative estimate of drug-likeness (QED) is 0.365. The Bertz CT molecular complexity index is 1580. The van der Waals surface area contributed by atoms with E-state index in [1.807, 2.05) is 0 Å². The second-order valence-corrected chi connectivity index (χ2v) is 8.66. The summed E-state index contributed by atoms with van der Waals surface area (Å²) in [7, 11) is 0. The van der Waals surface area contributed by atoms with Crippen LogP contribution >= 0.6 is 11.3 Å². The predicted octanol–water partition coefficient (Wildman–Crippen LogP) is 6.03. The van der Waals surface area contributed by atoms with Crippen molar-refractivity contribution in [1.29, 1.82) is 0 Å². The van der Waals surface area contributed by atoms with Gasteiger partial charge in [0.05, 0.1) is 17.3 Å². The van der Waals surface area contributed by atoms with E-state index < -0.39 is 0 Å². The lowest BCUT2D eigenvalue weighted by atomic mass is 10.1. The molecule has 1 N–H and O–H groups in total. The molecule has 0 saturated heterocycles. The first-order valence-electron chi connectivity index (χ1n) is 10.4. The van der Waals surface area contributed by atoms with Crippen molar-refractivity contribution in [1.82, 2.24) is 4.57 Å². The van der Waals surface area contributed by atoms with Gasteiger partial charge in [0.2, 0.25) is 0 Å². The van der Waals surface area contributed by atoms with E-state index in [0.717, 1.165) is 29.0 Å². The summed E-state index contributed by atoms with van der Waals surface area (Å²) >= 11 is 1.51. The van der Waals surface area contributed by atoms with Crippen LogP contribution in [0.15, 0.2) is 66.7 Å². The fourth-order valence-electron chi connectivity index (χ4n) is 3.93. The highest BCUT2D eigenvalue weighted by Crippen LogP contribution is 2.41. The largest absolute Gasteiger partial charge is 0.506 e. The Hall–Kier alpha value is -3.58. The van der Waals surface area contributed by atoms with Gasteiger partial charge in [-0.15, -0.1) is 11.3 Å². The summed E-state index contributed by atoms with van der Waals surface area (Å²) < 4.78 is 13.7. The summed E-state index contributed by atoms with van der Waals surface area (Å²) in [5.41, 5.74) is 4.10. The van der Waals surface area contributed by atoms with Crippen molar-refractivity contribution in [2.45, 2.75) is 33.7 Å². The number of furan rings is 1. The Morgan fingerprint density at radius 1 is 1.12 bits per heavy atom. The van der Waals surface area contributed by atoms with Gasteiger partial charge in [-0.2, -0.15) is 0 Å². The van der Waals surface area contributed by atoms with E-state index in [2.05, 4.69) is 48.1 Å². The van der Waals surface area contributed by atoms with E-state index in [0.29, 0.717) is 22.4 Å². The van der Waals surface area contributed by atoms with Gasteiger partial charge in [0.25, 0.3) is 0 Å². The molecule has 0 unspecified atom stereocenters. The number of phenols is 1. The summed E-state index contributed by atoms with van der Waals surface area (Å²) in [4.78, 5) is 18.4. The molecule has 3 aromatic heterocycles. The molecule has 0 radical (unpaired) electrons. The fraction of sp³-hybridized carbons (Fsp3) is 0.200. The molecule has 0 fully saturated rings. The van der Waals surface area contributed by atoms with Gasteiger partial charge in [0.1, 0.15) is 16.9 Å². The number of hydrogen-bond acceptors (Lipinski definition) is 6. The lowest BCUT2D eigenvalue weighted by Gasteiger charge is -2.09. The van der Waals surface area contributed by atoms with Crippen molar-refractivity contribution in [3.8, 4) is 17.0 Å². The van der Waals surface area contributed by atoms with E-state index in [9.17, 15) is 9.90 Å². The minimum atomic E-state index is -0.311. The van der Waals surface area contributed by atoms with Crippen LogP contribution in [0.3, 0.4) is 0 Å². The zero-order valence-corrected chi connectivity index (χ0v) is 18.8. The number of thiazole rings is 1. The van der Waals surface area contributed by atoms with Crippen LogP contribution in [-0.4, -0.2) is 9.67 Å². The molecule has 0 aliphatic carbocycles. The number of aryl methyl sites for hydroxylation is 2. The Balaban J connectivity index is 1.85. The number of nitrogens with zero attached hydrogens (tertiary/aromatic N) is 2. The number of rotatable bonds is 4. The van der Waals surface area contributed by atoms with Crippen LogP contribution in [0.2, 0.25) is 0 Å². The summed E-state index contributed by atoms with van der Waals surface area (Å²) in [5.74, 6) is 0.293. The summed E-state index contributed by atoms with van der Waals surface area (Å²) in [5, 5.41) is 13.3. The smallest absolute Gasteiger partial charge is 0.196 e. The van der Waals surface area contributed by atoms with Crippen molar-refractivity contribution in [2.75, 3.05) is 0 Å². The Morgan fingerprint density at radius 2 is 1.91 bits per heavy atom. The molecular weight excluding hydrogens is 424 g/mol. The number of benzene rings is 2. The second-order valence-electron chi connectivity index (χ2n) is 7.82. The molecule has 162 valence electrons. The third-order valence-electron chi connectivity index (χ3n) is 5.46. The molecule has 5 aromatic rings. The van der Waals surface area contributed by atoms with Crippen LogP contribution in [0, 0.1) is 13.8 Å². The first-order valence-corrected chi connectivity index (χ1v) is 11.3. The van der Waals surface area contributed by atoms with Crippen molar-refractivity contribution >= 4 is 39.0 Å². The summed E-state index contributed by atoms with van der Waals surface area (Å²) in [6, 6.07) is 11.4. The molecule has 32 heavy (non-hydrogen) atoms. The molecule has 0 atom stereocenters. The molecule has 0 spiro atoms. The number of phenolic OH excluding ortho intramolecular Hbond substituents is 1. The average molecular weight is 447 g/mol. The zero-order chi connectivity index (χ0) is 22.4. The van der Waals surface area contributed by atoms with Gasteiger partial charge < -0.3 is 18.5 Å². The molecule has 0 saturated carbocycles. The lowest BCUT2D eigenvalue weighted by Crippen LogP contribution is -2.15. The summed E-state index contributed by atoms with van der Waals surface area (Å²) in [6.45, 7) is 6.67. The number of fused-ring (bicyclic) bond motifs is 2. The van der Waals surface area contributed by atoms with Crippen LogP contribution < -0.4 is 10.2 Å². The molecule has 0 bridgehead atoms. The monoisotopic (exact) mass is 446 g/mol. The van der Waals surface area contributed by atoms with Crippen molar-refractivity contribution in [2.24, 2.45) is 4.99 Å². The van der Waals surface area contributed by atoms with Crippen molar-refractivity contribution < 1.29 is 13.9 Å². The number of hydrogen-bond donors (Lipinski definition) is 1. The van der Waals surface area contributed by atoms with Gasteiger partial charge in [-0.05, 0) is 31.9 Å². The van der Waals surface area contributed by atoms with Gasteiger partial charge in [0, 0.05) is 18.0 Å². The minimum absolute atomic E-state index is 0.112. The van der Waals surface area contributed by atoms with Crippen LogP contribution in [0.25, 0.3) is 33.2 Å². The molecule has 5 rings (SSSR count). The van der Waals surface area contributed by atoms with E-state index in [1.54, 1.807) is 13.0 Å². The second kappa shape index (κ2) is 7.84. The highest BCUT2D eigenvalue weighted by atomic mass is 32.1. The fourth-order valence-corrected chi connectivity index (χ4v) is 4.87. The maximum absolute atomic E-state index is 12.7. The Kier molecular flexibility index (Phi) is 4.98. The molecule has 6 nitrogen and oxygen atoms in total. The Labute approximate surface area is 187 Å². The normalized spacial score (nSPS) is 12.3. The van der Waals surface area contributed by atoms with E-state index in [4.69, 9.17) is 13.8 Å². The molecule has 0 aliphatic rings. The first kappa shape index (κ1) is 20.3. The third-order valence-corrected chi connectivity index (χ3v) is 6.32. The Morgan fingerprint density at radius 3 is 2.66 bits per heavy atom. The van der Waals surface area contributed by atoms with Crippen LogP contribution in [-0.2, 0) is 6.54 Å². The maximum atomic E-state index is 12.7. The molecule has 0 amide bonds. The molecule has 2 aromatic carbocycles. The molecule has 3 heterocycles. The van der Waals surface area contributed by atoms with Crippen LogP contribution in [0.5, 0.6) is 5.75 Å². The minimum Gasteiger partial charge on any atom is -0.506 e. The van der Waals surface area contributed by atoms with Gasteiger partial charge >= 0.3 is 0 Å². The van der Waals surface area contributed by atoms with Crippen molar-refractivity contribution in [3.05, 3.63) is 74.4 Å².